The van der Waals surface area contributed by atoms with Crippen LogP contribution < -0.4 is 0 Å². The lowest BCUT2D eigenvalue weighted by Gasteiger charge is -2.42. The predicted octanol–water partition coefficient (Wildman–Crippen LogP) is 2.40. The molecule has 3 nitrogen and oxygen atoms in total. The maximum absolute atomic E-state index is 12.8. The first-order chi connectivity index (χ1) is 8.99. The van der Waals surface area contributed by atoms with Gasteiger partial charge in [-0.1, -0.05) is 12.1 Å². The van der Waals surface area contributed by atoms with E-state index < -0.39 is 0 Å². The molecule has 0 unspecified atom stereocenters. The Morgan fingerprint density at radius 3 is 2.68 bits per heavy atom. The van der Waals surface area contributed by atoms with Gasteiger partial charge in [-0.25, -0.2) is 4.39 Å². The number of hydrogen-bond acceptors (Lipinski definition) is 2. The molecule has 1 aromatic carbocycles. The highest BCUT2D eigenvalue weighted by atomic mass is 19.1. The molecule has 1 amide bonds. The Morgan fingerprint density at radius 2 is 2.05 bits per heavy atom. The number of rotatable bonds is 3. The van der Waals surface area contributed by atoms with Gasteiger partial charge in [0.15, 0.2) is 0 Å². The molecule has 1 aliphatic heterocycles. The summed E-state index contributed by atoms with van der Waals surface area (Å²) in [5, 5.41) is 0. The fourth-order valence-corrected chi connectivity index (χ4v) is 2.36. The lowest BCUT2D eigenvalue weighted by atomic mass is 10.0. The van der Waals surface area contributed by atoms with Crippen LogP contribution in [0.1, 0.15) is 25.8 Å². The predicted molar refractivity (Wildman–Crippen MR) is 71.3 cm³/mol. The maximum atomic E-state index is 12.8. The first kappa shape index (κ1) is 14.0. The average molecular weight is 265 g/mol. The van der Waals surface area contributed by atoms with Crippen LogP contribution in [0.4, 0.5) is 4.39 Å². The minimum absolute atomic E-state index is 0.137. The molecule has 4 heteroatoms. The fourth-order valence-electron chi connectivity index (χ4n) is 2.36. The van der Waals surface area contributed by atoms with Crippen molar-refractivity contribution in [3.8, 4) is 0 Å². The first-order valence-corrected chi connectivity index (χ1v) is 6.62. The van der Waals surface area contributed by atoms with Gasteiger partial charge in [-0.15, -0.1) is 0 Å². The van der Waals surface area contributed by atoms with E-state index in [2.05, 4.69) is 0 Å². The van der Waals surface area contributed by atoms with Crippen molar-refractivity contribution >= 4 is 5.91 Å². The number of benzene rings is 1. The molecule has 1 fully saturated rings. The smallest absolute Gasteiger partial charge is 0.223 e. The summed E-state index contributed by atoms with van der Waals surface area (Å²) in [4.78, 5) is 14.1. The number of halogens is 1. The molecular weight excluding hydrogens is 245 g/mol. The lowest BCUT2D eigenvalue weighted by Crippen LogP contribution is -2.55. The molecule has 0 aliphatic carbocycles. The molecule has 2 rings (SSSR count). The molecule has 0 saturated carbocycles. The zero-order valence-corrected chi connectivity index (χ0v) is 11.5. The molecule has 0 atom stereocenters. The Bertz CT molecular complexity index is 442. The molecule has 1 heterocycles. The number of nitrogens with zero attached hydrogens (tertiary/aromatic N) is 1. The van der Waals surface area contributed by atoms with Gasteiger partial charge in [-0.3, -0.25) is 4.79 Å². The van der Waals surface area contributed by atoms with Crippen LogP contribution in [0, 0.1) is 5.82 Å². The van der Waals surface area contributed by atoms with Gasteiger partial charge < -0.3 is 9.64 Å². The molecule has 1 aromatic rings. The third-order valence-corrected chi connectivity index (χ3v) is 3.49. The Morgan fingerprint density at radius 1 is 1.37 bits per heavy atom. The number of amides is 1. The molecular formula is C15H20FNO2. The minimum Gasteiger partial charge on any atom is -0.377 e. The van der Waals surface area contributed by atoms with Crippen LogP contribution >= 0.6 is 0 Å². The van der Waals surface area contributed by atoms with Crippen molar-refractivity contribution in [2.24, 2.45) is 0 Å². The molecule has 0 N–H and O–H groups in total. The molecule has 0 bridgehead atoms. The number of hydrogen-bond donors (Lipinski definition) is 0. The summed E-state index contributed by atoms with van der Waals surface area (Å²) in [6, 6.07) is 6.32. The number of carbonyl (C=O) groups is 1. The van der Waals surface area contributed by atoms with Gasteiger partial charge in [0.05, 0.1) is 18.8 Å². The number of ether oxygens (including phenoxy) is 1. The molecule has 1 saturated heterocycles. The van der Waals surface area contributed by atoms with Crippen molar-refractivity contribution in [2.75, 3.05) is 19.8 Å². The normalized spacial score (nSPS) is 18.4. The minimum atomic E-state index is -0.246. The third kappa shape index (κ3) is 3.53. The van der Waals surface area contributed by atoms with Crippen LogP contribution in [0.15, 0.2) is 24.3 Å². The van der Waals surface area contributed by atoms with E-state index in [1.807, 2.05) is 18.7 Å². The van der Waals surface area contributed by atoms with Crippen molar-refractivity contribution in [1.82, 2.24) is 4.90 Å². The van der Waals surface area contributed by atoms with Crippen LogP contribution in [0.25, 0.3) is 0 Å². The van der Waals surface area contributed by atoms with Gasteiger partial charge in [0.25, 0.3) is 0 Å². The van der Waals surface area contributed by atoms with Crippen molar-refractivity contribution in [2.45, 2.75) is 32.2 Å². The van der Waals surface area contributed by atoms with Gasteiger partial charge in [0.2, 0.25) is 5.91 Å². The van der Waals surface area contributed by atoms with Gasteiger partial charge in [0, 0.05) is 13.0 Å². The van der Waals surface area contributed by atoms with E-state index in [1.54, 1.807) is 12.1 Å². The van der Waals surface area contributed by atoms with E-state index in [0.29, 0.717) is 32.6 Å². The second-order valence-electron chi connectivity index (χ2n) is 5.54. The molecule has 0 radical (unpaired) electrons. The quantitative estimate of drug-likeness (QED) is 0.840. The summed E-state index contributed by atoms with van der Waals surface area (Å²) >= 11 is 0. The van der Waals surface area contributed by atoms with Crippen molar-refractivity contribution < 1.29 is 13.9 Å². The standard InChI is InChI=1S/C15H20FNO2/c1-15(2)11-19-10-9-17(15)14(18)8-5-12-3-6-13(16)7-4-12/h3-4,6-7H,5,8-11H2,1-2H3. The average Bonchev–Trinajstić information content (AvgIpc) is 2.37. The first-order valence-electron chi connectivity index (χ1n) is 6.62. The van der Waals surface area contributed by atoms with Crippen LogP contribution in [0.5, 0.6) is 0 Å². The Kier molecular flexibility index (Phi) is 4.20. The van der Waals surface area contributed by atoms with Crippen molar-refractivity contribution in [1.29, 1.82) is 0 Å². The van der Waals surface area contributed by atoms with E-state index in [-0.39, 0.29) is 17.3 Å². The number of morpholine rings is 1. The maximum Gasteiger partial charge on any atom is 0.223 e. The molecule has 0 aromatic heterocycles. The summed E-state index contributed by atoms with van der Waals surface area (Å²) < 4.78 is 18.2. The molecule has 1 aliphatic rings. The van der Waals surface area contributed by atoms with Crippen LogP contribution in [-0.2, 0) is 16.0 Å². The van der Waals surface area contributed by atoms with E-state index in [1.165, 1.54) is 12.1 Å². The van der Waals surface area contributed by atoms with Gasteiger partial charge >= 0.3 is 0 Å². The monoisotopic (exact) mass is 265 g/mol. The third-order valence-electron chi connectivity index (χ3n) is 3.49. The van der Waals surface area contributed by atoms with E-state index >= 15 is 0 Å². The van der Waals surface area contributed by atoms with Gasteiger partial charge in [-0.2, -0.15) is 0 Å². The zero-order valence-electron chi connectivity index (χ0n) is 11.5. The number of aryl methyl sites for hydroxylation is 1. The summed E-state index contributed by atoms with van der Waals surface area (Å²) in [6.45, 7) is 5.86. The van der Waals surface area contributed by atoms with Crippen LogP contribution in [0.3, 0.4) is 0 Å². The molecule has 104 valence electrons. The summed E-state index contributed by atoms with van der Waals surface area (Å²) in [7, 11) is 0. The van der Waals surface area contributed by atoms with Gasteiger partial charge in [-0.05, 0) is 38.0 Å². The highest BCUT2D eigenvalue weighted by molar-refractivity contribution is 5.77. The SMILES string of the molecule is CC1(C)COCCN1C(=O)CCc1ccc(F)cc1. The summed E-state index contributed by atoms with van der Waals surface area (Å²) in [5.74, 6) is -0.109. The van der Waals surface area contributed by atoms with Crippen molar-refractivity contribution in [3.63, 3.8) is 0 Å². The van der Waals surface area contributed by atoms with Crippen LogP contribution in [0.2, 0.25) is 0 Å². The highest BCUT2D eigenvalue weighted by Gasteiger charge is 2.33. The summed E-state index contributed by atoms with van der Waals surface area (Å²) in [6.07, 6.45) is 1.10. The Hall–Kier alpha value is -1.42. The second-order valence-corrected chi connectivity index (χ2v) is 5.54. The Balaban J connectivity index is 1.92. The molecule has 19 heavy (non-hydrogen) atoms. The lowest BCUT2D eigenvalue weighted by molar-refractivity contribution is -0.146. The zero-order chi connectivity index (χ0) is 13.9. The van der Waals surface area contributed by atoms with E-state index in [9.17, 15) is 9.18 Å². The van der Waals surface area contributed by atoms with E-state index in [4.69, 9.17) is 4.74 Å². The van der Waals surface area contributed by atoms with Gasteiger partial charge in [0.1, 0.15) is 5.82 Å². The molecule has 0 spiro atoms. The van der Waals surface area contributed by atoms with Crippen LogP contribution in [-0.4, -0.2) is 36.1 Å². The van der Waals surface area contributed by atoms with E-state index in [0.717, 1.165) is 5.56 Å². The second kappa shape index (κ2) is 5.70. The summed E-state index contributed by atoms with van der Waals surface area (Å²) in [5.41, 5.74) is 0.749. The Labute approximate surface area is 113 Å². The van der Waals surface area contributed by atoms with Crippen molar-refractivity contribution in [3.05, 3.63) is 35.6 Å². The highest BCUT2D eigenvalue weighted by Crippen LogP contribution is 2.20. The fraction of sp³-hybridized carbons (Fsp3) is 0.533. The number of carbonyl (C=O) groups excluding carboxylic acids is 1. The largest absolute Gasteiger partial charge is 0.377 e. The topological polar surface area (TPSA) is 29.5 Å².